The normalized spacial score (nSPS) is 18.2. The molecule has 5 nitrogen and oxygen atoms in total. The van der Waals surface area contributed by atoms with Crippen LogP contribution in [0, 0.1) is 5.92 Å². The predicted octanol–water partition coefficient (Wildman–Crippen LogP) is 6.95. The van der Waals surface area contributed by atoms with E-state index in [1.54, 1.807) is 12.3 Å². The van der Waals surface area contributed by atoms with Crippen LogP contribution in [0.3, 0.4) is 0 Å². The second-order valence-corrected chi connectivity index (χ2v) is 10.5. The van der Waals surface area contributed by atoms with Gasteiger partial charge in [-0.2, -0.15) is 0 Å². The van der Waals surface area contributed by atoms with Crippen LogP contribution in [0.1, 0.15) is 56.4 Å². The largest absolute Gasteiger partial charge is 0.493 e. The zero-order chi connectivity index (χ0) is 27.6. The van der Waals surface area contributed by atoms with E-state index in [1.165, 1.54) is 0 Å². The number of aliphatic imine (C=N–C) groups is 1. The maximum atomic E-state index is 12.6. The Morgan fingerprint density at radius 3 is 2.69 bits per heavy atom. The average Bonchev–Trinajstić information content (AvgIpc) is 2.95. The van der Waals surface area contributed by atoms with Crippen molar-refractivity contribution in [2.24, 2.45) is 10.9 Å². The summed E-state index contributed by atoms with van der Waals surface area (Å²) in [5, 5.41) is 13.5. The first-order valence-electron chi connectivity index (χ1n) is 13.8. The van der Waals surface area contributed by atoms with Crippen LogP contribution < -0.4 is 10.3 Å². The van der Waals surface area contributed by atoms with Crippen LogP contribution in [0.5, 0.6) is 5.75 Å². The van der Waals surface area contributed by atoms with Crippen molar-refractivity contribution >= 4 is 17.1 Å². The van der Waals surface area contributed by atoms with E-state index in [9.17, 15) is 9.90 Å². The number of pyridine rings is 1. The zero-order valence-corrected chi connectivity index (χ0v) is 23.1. The van der Waals surface area contributed by atoms with Gasteiger partial charge in [-0.3, -0.25) is 9.79 Å². The number of H-pyrrole nitrogens is 1. The molecule has 5 rings (SSSR count). The number of nitrogens with zero attached hydrogens (tertiary/aromatic N) is 1. The summed E-state index contributed by atoms with van der Waals surface area (Å²) < 4.78 is 6.33. The molecule has 0 amide bonds. The van der Waals surface area contributed by atoms with Crippen molar-refractivity contribution in [1.29, 1.82) is 0 Å². The molecule has 1 aromatic heterocycles. The summed E-state index contributed by atoms with van der Waals surface area (Å²) in [4.78, 5) is 20.2. The Bertz CT molecular complexity index is 1630. The molecule has 1 aliphatic rings. The molecule has 0 saturated heterocycles. The third-order valence-corrected chi connectivity index (χ3v) is 7.84. The molecule has 39 heavy (non-hydrogen) atoms. The molecule has 0 saturated carbocycles. The number of aryl methyl sites for hydroxylation is 1. The zero-order valence-electron chi connectivity index (χ0n) is 23.1. The third kappa shape index (κ3) is 5.19. The molecule has 1 aliphatic heterocycles. The first-order valence-corrected chi connectivity index (χ1v) is 13.8. The highest BCUT2D eigenvalue weighted by Crippen LogP contribution is 2.41. The SMILES string of the molecule is CCc1ccc2cc1OCCc1cccc(c1)-c1cc(=O)[nH]c3ccc(cc13)C2(O)/C(C)=C/N=CC(C)CC. The molecule has 4 aromatic rings. The quantitative estimate of drug-likeness (QED) is 0.280. The lowest BCUT2D eigenvalue weighted by Gasteiger charge is -2.31. The highest BCUT2D eigenvalue weighted by atomic mass is 16.5. The van der Waals surface area contributed by atoms with Crippen LogP contribution in [-0.2, 0) is 18.4 Å². The second kappa shape index (κ2) is 11.0. The molecule has 6 bridgehead atoms. The number of fused-ring (bicyclic) bond motifs is 6. The highest BCUT2D eigenvalue weighted by Gasteiger charge is 2.35. The van der Waals surface area contributed by atoms with Gasteiger partial charge in [0, 0.05) is 35.8 Å². The first-order chi connectivity index (χ1) is 18.8. The smallest absolute Gasteiger partial charge is 0.249 e. The summed E-state index contributed by atoms with van der Waals surface area (Å²) in [6.07, 6.45) is 6.21. The topological polar surface area (TPSA) is 74.7 Å². The molecular weight excluding hydrogens is 484 g/mol. The van der Waals surface area contributed by atoms with Gasteiger partial charge in [-0.15, -0.1) is 0 Å². The van der Waals surface area contributed by atoms with Crippen LogP contribution in [-0.4, -0.2) is 22.9 Å². The molecule has 0 aliphatic carbocycles. The van der Waals surface area contributed by atoms with E-state index < -0.39 is 5.60 Å². The summed E-state index contributed by atoms with van der Waals surface area (Å²) in [5.41, 5.74) is 5.21. The summed E-state index contributed by atoms with van der Waals surface area (Å²) >= 11 is 0. The molecule has 3 aromatic carbocycles. The van der Waals surface area contributed by atoms with E-state index in [4.69, 9.17) is 4.74 Å². The summed E-state index contributed by atoms with van der Waals surface area (Å²) in [5.74, 6) is 1.12. The Balaban J connectivity index is 1.81. The van der Waals surface area contributed by atoms with Gasteiger partial charge in [-0.25, -0.2) is 0 Å². The Kier molecular flexibility index (Phi) is 7.53. The highest BCUT2D eigenvalue weighted by molar-refractivity contribution is 5.95. The lowest BCUT2D eigenvalue weighted by Crippen LogP contribution is -2.29. The van der Waals surface area contributed by atoms with E-state index in [0.717, 1.165) is 58.2 Å². The number of rotatable bonds is 5. The fraction of sp³-hybridized carbons (Fsp3) is 0.294. The van der Waals surface area contributed by atoms with Crippen molar-refractivity contribution < 1.29 is 9.84 Å². The van der Waals surface area contributed by atoms with Crippen LogP contribution in [0.2, 0.25) is 0 Å². The molecular formula is C34H36N2O3. The van der Waals surface area contributed by atoms with E-state index >= 15 is 0 Å². The lowest BCUT2D eigenvalue weighted by molar-refractivity contribution is 0.120. The minimum absolute atomic E-state index is 0.161. The Hall–Kier alpha value is -3.96. The number of aromatic amines is 1. The standard InChI is InChI=1S/C34H36N2O3/c1-5-22(3)20-35-21-23(4)34(38)27-12-13-31-30(17-27)29(19-33(37)36-31)26-9-7-8-24(16-26)14-15-39-32-18-28(34)11-10-25(32)6-2/h7-13,16-22,38H,5-6,14-15H2,1-4H3,(H,36,37)/b23-21+,35-20?. The van der Waals surface area contributed by atoms with Crippen molar-refractivity contribution in [3.8, 4) is 16.9 Å². The number of aromatic nitrogens is 1. The minimum atomic E-state index is -1.47. The van der Waals surface area contributed by atoms with Gasteiger partial charge in [-0.05, 0) is 82.8 Å². The number of aliphatic hydroxyl groups is 1. The number of ether oxygens (including phenoxy) is 1. The van der Waals surface area contributed by atoms with Gasteiger partial charge in [0.2, 0.25) is 5.56 Å². The monoisotopic (exact) mass is 520 g/mol. The van der Waals surface area contributed by atoms with Gasteiger partial charge >= 0.3 is 0 Å². The summed E-state index contributed by atoms with van der Waals surface area (Å²) in [7, 11) is 0. The van der Waals surface area contributed by atoms with Gasteiger partial charge in [0.25, 0.3) is 0 Å². The van der Waals surface area contributed by atoms with Crippen molar-refractivity contribution in [3.63, 3.8) is 0 Å². The van der Waals surface area contributed by atoms with Crippen LogP contribution >= 0.6 is 0 Å². The van der Waals surface area contributed by atoms with Crippen LogP contribution in [0.25, 0.3) is 22.0 Å². The second-order valence-electron chi connectivity index (χ2n) is 10.5. The van der Waals surface area contributed by atoms with Crippen LogP contribution in [0.15, 0.2) is 88.3 Å². The van der Waals surface area contributed by atoms with Crippen molar-refractivity contribution in [3.05, 3.63) is 111 Å². The number of hydrogen-bond acceptors (Lipinski definition) is 4. The Morgan fingerprint density at radius 2 is 1.90 bits per heavy atom. The summed E-state index contributed by atoms with van der Waals surface area (Å²) in [6.45, 7) is 8.77. The maximum Gasteiger partial charge on any atom is 0.249 e. The molecule has 2 unspecified atom stereocenters. The molecule has 0 spiro atoms. The molecule has 200 valence electrons. The summed E-state index contributed by atoms with van der Waals surface area (Å²) in [6, 6.07) is 21.6. The maximum absolute atomic E-state index is 12.6. The molecule has 2 atom stereocenters. The van der Waals surface area contributed by atoms with E-state index in [-0.39, 0.29) is 5.56 Å². The molecule has 0 fully saturated rings. The van der Waals surface area contributed by atoms with E-state index in [2.05, 4.69) is 42.9 Å². The number of benzene rings is 3. The first kappa shape index (κ1) is 26.6. The molecule has 2 N–H and O–H groups in total. The van der Waals surface area contributed by atoms with Gasteiger partial charge < -0.3 is 14.8 Å². The van der Waals surface area contributed by atoms with E-state index in [0.29, 0.717) is 29.2 Å². The van der Waals surface area contributed by atoms with Gasteiger partial charge in [-0.1, -0.05) is 63.2 Å². The number of nitrogens with one attached hydrogen (secondary N) is 1. The average molecular weight is 521 g/mol. The third-order valence-electron chi connectivity index (χ3n) is 7.84. The molecule has 5 heteroatoms. The molecule has 0 radical (unpaired) electrons. The predicted molar refractivity (Wildman–Crippen MR) is 160 cm³/mol. The Morgan fingerprint density at radius 1 is 1.10 bits per heavy atom. The fourth-order valence-electron chi connectivity index (χ4n) is 5.22. The van der Waals surface area contributed by atoms with Gasteiger partial charge in [0.15, 0.2) is 0 Å². The van der Waals surface area contributed by atoms with Crippen molar-refractivity contribution in [2.75, 3.05) is 6.61 Å². The lowest BCUT2D eigenvalue weighted by atomic mass is 9.79. The number of hydrogen-bond donors (Lipinski definition) is 2. The van der Waals surface area contributed by atoms with Crippen molar-refractivity contribution in [1.82, 2.24) is 4.98 Å². The Labute approximate surface area is 229 Å². The van der Waals surface area contributed by atoms with Crippen LogP contribution in [0.4, 0.5) is 0 Å². The van der Waals surface area contributed by atoms with Gasteiger partial charge in [0.05, 0.1) is 6.61 Å². The van der Waals surface area contributed by atoms with Crippen molar-refractivity contribution in [2.45, 2.75) is 52.6 Å². The molecule has 2 heterocycles. The van der Waals surface area contributed by atoms with Gasteiger partial charge in [0.1, 0.15) is 11.4 Å². The fourth-order valence-corrected chi connectivity index (χ4v) is 5.22. The minimum Gasteiger partial charge on any atom is -0.493 e. The van der Waals surface area contributed by atoms with E-state index in [1.807, 2.05) is 61.7 Å².